The minimum Gasteiger partial charge on any atom is -0.393 e. The number of pyridine rings is 1. The van der Waals surface area contributed by atoms with Crippen molar-refractivity contribution in [2.24, 2.45) is 0 Å². The van der Waals surface area contributed by atoms with E-state index in [1.54, 1.807) is 12.4 Å². The van der Waals surface area contributed by atoms with E-state index in [0.29, 0.717) is 11.4 Å². The average Bonchev–Trinajstić information content (AvgIpc) is 2.38. The van der Waals surface area contributed by atoms with E-state index in [2.05, 4.69) is 4.98 Å². The Labute approximate surface area is 112 Å². The monoisotopic (exact) mass is 261 g/mol. The van der Waals surface area contributed by atoms with Crippen LogP contribution in [-0.2, 0) is 12.8 Å². The van der Waals surface area contributed by atoms with Gasteiger partial charge in [-0.15, -0.1) is 0 Å². The Kier molecular flexibility index (Phi) is 4.73. The third kappa shape index (κ3) is 4.13. The van der Waals surface area contributed by atoms with Gasteiger partial charge < -0.3 is 5.11 Å². The van der Waals surface area contributed by atoms with E-state index in [1.807, 2.05) is 36.4 Å². The Hall–Kier alpha value is -1.38. The summed E-state index contributed by atoms with van der Waals surface area (Å²) < 4.78 is 0. The van der Waals surface area contributed by atoms with Gasteiger partial charge >= 0.3 is 0 Å². The highest BCUT2D eigenvalue weighted by molar-refractivity contribution is 6.30. The number of halogens is 1. The Morgan fingerprint density at radius 1 is 1.11 bits per heavy atom. The topological polar surface area (TPSA) is 33.1 Å². The first-order valence-corrected chi connectivity index (χ1v) is 6.43. The molecule has 0 amide bonds. The highest BCUT2D eigenvalue weighted by atomic mass is 35.5. The molecule has 1 N–H and O–H groups in total. The third-order valence-corrected chi connectivity index (χ3v) is 3.11. The van der Waals surface area contributed by atoms with Gasteiger partial charge in [-0.05, 0) is 54.7 Å². The van der Waals surface area contributed by atoms with Gasteiger partial charge in [-0.1, -0.05) is 23.7 Å². The summed E-state index contributed by atoms with van der Waals surface area (Å²) in [6.45, 7) is 0. The number of benzene rings is 1. The summed E-state index contributed by atoms with van der Waals surface area (Å²) in [7, 11) is 0. The number of aryl methyl sites for hydroxylation is 1. The van der Waals surface area contributed by atoms with Crippen molar-refractivity contribution in [1.29, 1.82) is 0 Å². The number of nitrogens with zero attached hydrogens (tertiary/aromatic N) is 1. The Bertz CT molecular complexity index is 487. The minimum atomic E-state index is -0.336. The summed E-state index contributed by atoms with van der Waals surface area (Å²) in [6, 6.07) is 11.6. The molecular weight excluding hydrogens is 246 g/mol. The predicted molar refractivity (Wildman–Crippen MR) is 73.7 cm³/mol. The smallest absolute Gasteiger partial charge is 0.0583 e. The first kappa shape index (κ1) is 13.1. The van der Waals surface area contributed by atoms with Crippen molar-refractivity contribution in [3.8, 4) is 0 Å². The molecule has 0 radical (unpaired) electrons. The Balaban J connectivity index is 1.84. The zero-order valence-corrected chi connectivity index (χ0v) is 10.8. The second-order valence-corrected chi connectivity index (χ2v) is 4.82. The van der Waals surface area contributed by atoms with Gasteiger partial charge in [0.25, 0.3) is 0 Å². The fourth-order valence-electron chi connectivity index (χ4n) is 1.92. The molecule has 2 nitrogen and oxygen atoms in total. The maximum absolute atomic E-state index is 10.00. The normalized spacial score (nSPS) is 12.3. The van der Waals surface area contributed by atoms with Crippen LogP contribution in [0, 0.1) is 0 Å². The maximum atomic E-state index is 10.00. The highest BCUT2D eigenvalue weighted by Crippen LogP contribution is 2.14. The van der Waals surface area contributed by atoms with Crippen LogP contribution in [0.4, 0.5) is 0 Å². The summed E-state index contributed by atoms with van der Waals surface area (Å²) >= 11 is 5.91. The molecule has 0 saturated carbocycles. The molecule has 94 valence electrons. The van der Waals surface area contributed by atoms with Gasteiger partial charge in [-0.25, -0.2) is 0 Å². The molecule has 0 fully saturated rings. The number of aromatic nitrogens is 1. The van der Waals surface area contributed by atoms with Crippen LogP contribution in [0.2, 0.25) is 5.02 Å². The predicted octanol–water partition coefficient (Wildman–Crippen LogP) is 3.27. The number of hydrogen-bond acceptors (Lipinski definition) is 2. The van der Waals surface area contributed by atoms with E-state index in [0.717, 1.165) is 18.4 Å². The van der Waals surface area contributed by atoms with Gasteiger partial charge in [-0.2, -0.15) is 0 Å². The summed E-state index contributed by atoms with van der Waals surface area (Å²) in [5, 5.41) is 10.7. The fourth-order valence-corrected chi connectivity index (χ4v) is 2.13. The maximum Gasteiger partial charge on any atom is 0.0583 e. The van der Waals surface area contributed by atoms with Crippen molar-refractivity contribution in [2.45, 2.75) is 25.4 Å². The summed E-state index contributed by atoms with van der Waals surface area (Å²) in [5.41, 5.74) is 2.28. The second kappa shape index (κ2) is 6.53. The molecule has 3 heteroatoms. The Morgan fingerprint density at radius 2 is 1.89 bits per heavy atom. The van der Waals surface area contributed by atoms with Crippen molar-refractivity contribution in [3.63, 3.8) is 0 Å². The van der Waals surface area contributed by atoms with Gasteiger partial charge in [0.15, 0.2) is 0 Å². The van der Waals surface area contributed by atoms with Gasteiger partial charge in [0, 0.05) is 17.4 Å². The molecule has 0 aliphatic carbocycles. The van der Waals surface area contributed by atoms with Crippen LogP contribution in [0.15, 0.2) is 48.8 Å². The van der Waals surface area contributed by atoms with E-state index < -0.39 is 0 Å². The van der Waals surface area contributed by atoms with Crippen molar-refractivity contribution >= 4 is 11.6 Å². The number of aliphatic hydroxyl groups is 1. The highest BCUT2D eigenvalue weighted by Gasteiger charge is 2.06. The van der Waals surface area contributed by atoms with Crippen molar-refractivity contribution < 1.29 is 5.11 Å². The van der Waals surface area contributed by atoms with Crippen LogP contribution >= 0.6 is 11.6 Å². The largest absolute Gasteiger partial charge is 0.393 e. The quantitative estimate of drug-likeness (QED) is 0.896. The van der Waals surface area contributed by atoms with E-state index >= 15 is 0 Å². The molecule has 1 aromatic carbocycles. The first-order chi connectivity index (χ1) is 8.74. The van der Waals surface area contributed by atoms with Crippen LogP contribution in [-0.4, -0.2) is 16.2 Å². The zero-order valence-electron chi connectivity index (χ0n) is 10.1. The molecule has 0 aliphatic heterocycles. The molecule has 2 rings (SSSR count). The van der Waals surface area contributed by atoms with Crippen molar-refractivity contribution in [3.05, 3.63) is 64.9 Å². The second-order valence-electron chi connectivity index (χ2n) is 4.38. The molecule has 1 aromatic heterocycles. The molecule has 1 unspecified atom stereocenters. The standard InChI is InChI=1S/C15H16ClNO/c16-14-3-1-2-13(10-14)11-15(18)5-4-12-6-8-17-9-7-12/h1-3,6-10,15,18H,4-5,11H2. The van der Waals surface area contributed by atoms with Crippen LogP contribution in [0.25, 0.3) is 0 Å². The van der Waals surface area contributed by atoms with E-state index in [1.165, 1.54) is 5.56 Å². The van der Waals surface area contributed by atoms with Gasteiger partial charge in [-0.3, -0.25) is 4.98 Å². The molecule has 0 saturated heterocycles. The number of aliphatic hydroxyl groups excluding tert-OH is 1. The Morgan fingerprint density at radius 3 is 2.61 bits per heavy atom. The zero-order chi connectivity index (χ0) is 12.8. The van der Waals surface area contributed by atoms with E-state index in [4.69, 9.17) is 11.6 Å². The molecule has 0 bridgehead atoms. The third-order valence-electron chi connectivity index (χ3n) is 2.88. The summed E-state index contributed by atoms with van der Waals surface area (Å²) in [6.07, 6.45) is 5.47. The number of rotatable bonds is 5. The SMILES string of the molecule is OC(CCc1ccncc1)Cc1cccc(Cl)c1. The summed E-state index contributed by atoms with van der Waals surface area (Å²) in [4.78, 5) is 3.97. The molecular formula is C15H16ClNO. The van der Waals surface area contributed by atoms with Crippen LogP contribution in [0.3, 0.4) is 0 Å². The molecule has 1 atom stereocenters. The number of hydrogen-bond donors (Lipinski definition) is 1. The first-order valence-electron chi connectivity index (χ1n) is 6.05. The van der Waals surface area contributed by atoms with Crippen LogP contribution in [0.5, 0.6) is 0 Å². The lowest BCUT2D eigenvalue weighted by atomic mass is 10.0. The van der Waals surface area contributed by atoms with E-state index in [9.17, 15) is 5.11 Å². The molecule has 2 aromatic rings. The lowest BCUT2D eigenvalue weighted by Gasteiger charge is -2.10. The lowest BCUT2D eigenvalue weighted by molar-refractivity contribution is 0.165. The van der Waals surface area contributed by atoms with Crippen molar-refractivity contribution in [1.82, 2.24) is 4.98 Å². The fraction of sp³-hybridized carbons (Fsp3) is 0.267. The average molecular weight is 262 g/mol. The molecule has 1 heterocycles. The van der Waals surface area contributed by atoms with Crippen LogP contribution < -0.4 is 0 Å². The summed E-state index contributed by atoms with van der Waals surface area (Å²) in [5.74, 6) is 0. The molecule has 0 spiro atoms. The van der Waals surface area contributed by atoms with Crippen molar-refractivity contribution in [2.75, 3.05) is 0 Å². The minimum absolute atomic E-state index is 0.336. The lowest BCUT2D eigenvalue weighted by Crippen LogP contribution is -2.11. The van der Waals surface area contributed by atoms with Crippen LogP contribution in [0.1, 0.15) is 17.5 Å². The molecule has 0 aliphatic rings. The van der Waals surface area contributed by atoms with Gasteiger partial charge in [0.05, 0.1) is 6.10 Å². The van der Waals surface area contributed by atoms with Gasteiger partial charge in [0.1, 0.15) is 0 Å². The molecule has 18 heavy (non-hydrogen) atoms. The van der Waals surface area contributed by atoms with E-state index in [-0.39, 0.29) is 6.10 Å². The van der Waals surface area contributed by atoms with Gasteiger partial charge in [0.2, 0.25) is 0 Å².